The molecule has 6 nitrogen and oxygen atoms in total. The average Bonchev–Trinajstić information content (AvgIpc) is 3.13. The van der Waals surface area contributed by atoms with Gasteiger partial charge in [-0.3, -0.25) is 4.18 Å². The first-order chi connectivity index (χ1) is 15.6. The Morgan fingerprint density at radius 1 is 0.818 bits per heavy atom. The minimum absolute atomic E-state index is 0.0835. The Balaban J connectivity index is 1.65. The third kappa shape index (κ3) is 4.91. The van der Waals surface area contributed by atoms with Crippen LogP contribution in [0.3, 0.4) is 0 Å². The Kier molecular flexibility index (Phi) is 6.50. The molecular weight excluding hydrogens is 526 g/mol. The molecule has 0 bridgehead atoms. The molecule has 0 aliphatic heterocycles. The van der Waals surface area contributed by atoms with Crippen LogP contribution in [0.2, 0.25) is 0 Å². The van der Waals surface area contributed by atoms with E-state index in [4.69, 9.17) is 4.18 Å². The van der Waals surface area contributed by atoms with Crippen LogP contribution in [0.4, 0.5) is 0 Å². The van der Waals surface area contributed by atoms with Gasteiger partial charge in [0, 0.05) is 16.1 Å². The van der Waals surface area contributed by atoms with Gasteiger partial charge in [0.2, 0.25) is 0 Å². The van der Waals surface area contributed by atoms with Gasteiger partial charge >= 0.3 is 0 Å². The van der Waals surface area contributed by atoms with E-state index in [0.29, 0.717) is 16.5 Å². The summed E-state index contributed by atoms with van der Waals surface area (Å²) in [5, 5.41) is 0.705. The third-order valence-electron chi connectivity index (χ3n) is 5.31. The Morgan fingerprint density at radius 3 is 2.00 bits per heavy atom. The second kappa shape index (κ2) is 9.06. The van der Waals surface area contributed by atoms with Crippen LogP contribution in [0.25, 0.3) is 10.9 Å². The first kappa shape index (κ1) is 23.7. The van der Waals surface area contributed by atoms with Crippen LogP contribution in [-0.4, -0.2) is 27.4 Å². The van der Waals surface area contributed by atoms with Crippen LogP contribution in [0, 0.1) is 13.8 Å². The van der Waals surface area contributed by atoms with Crippen molar-refractivity contribution in [3.63, 3.8) is 0 Å². The van der Waals surface area contributed by atoms with Crippen molar-refractivity contribution in [2.24, 2.45) is 0 Å². The van der Waals surface area contributed by atoms with Crippen LogP contribution in [0.15, 0.2) is 87.2 Å². The van der Waals surface area contributed by atoms with Crippen LogP contribution in [-0.2, 0) is 30.7 Å². The van der Waals surface area contributed by atoms with E-state index in [9.17, 15) is 16.8 Å². The summed E-state index contributed by atoms with van der Waals surface area (Å²) in [6, 6.07) is 18.4. The fourth-order valence-electron chi connectivity index (χ4n) is 3.49. The van der Waals surface area contributed by atoms with E-state index in [2.05, 4.69) is 15.9 Å². The number of fused-ring (bicyclic) bond motifs is 1. The number of hydrogen-bond acceptors (Lipinski definition) is 5. The molecule has 172 valence electrons. The Bertz CT molecular complexity index is 1520. The molecule has 0 unspecified atom stereocenters. The lowest BCUT2D eigenvalue weighted by atomic mass is 10.1. The lowest BCUT2D eigenvalue weighted by molar-refractivity contribution is 0.322. The summed E-state index contributed by atoms with van der Waals surface area (Å²) in [5.74, 6) is 0. The van der Waals surface area contributed by atoms with Crippen molar-refractivity contribution in [3.8, 4) is 0 Å². The van der Waals surface area contributed by atoms with Crippen LogP contribution < -0.4 is 0 Å². The summed E-state index contributed by atoms with van der Waals surface area (Å²) in [5.41, 5.74) is 3.08. The second-order valence-corrected chi connectivity index (χ2v) is 12.1. The molecule has 0 fully saturated rings. The monoisotopic (exact) mass is 547 g/mol. The molecule has 0 saturated heterocycles. The van der Waals surface area contributed by atoms with Gasteiger partial charge in [-0.25, -0.2) is 12.4 Å². The maximum atomic E-state index is 13.3. The van der Waals surface area contributed by atoms with Gasteiger partial charge in [0.25, 0.3) is 20.1 Å². The topological polar surface area (TPSA) is 82.4 Å². The summed E-state index contributed by atoms with van der Waals surface area (Å²) < 4.78 is 58.9. The second-order valence-electron chi connectivity index (χ2n) is 7.77. The lowest BCUT2D eigenvalue weighted by Gasteiger charge is -2.08. The van der Waals surface area contributed by atoms with Crippen molar-refractivity contribution in [3.05, 3.63) is 94.1 Å². The zero-order chi connectivity index (χ0) is 23.8. The fraction of sp³-hybridized carbons (Fsp3) is 0.167. The summed E-state index contributed by atoms with van der Waals surface area (Å²) in [4.78, 5) is 0.262. The van der Waals surface area contributed by atoms with E-state index in [1.807, 2.05) is 19.9 Å². The highest BCUT2D eigenvalue weighted by Crippen LogP contribution is 2.29. The van der Waals surface area contributed by atoms with Crippen LogP contribution in [0.5, 0.6) is 0 Å². The SMILES string of the molecule is Cc1ccc(S(=O)(=O)OCCc2cn(S(=O)(=O)c3ccc(C)cc3)c3ccc(Br)cc23)cc1. The van der Waals surface area contributed by atoms with Crippen molar-refractivity contribution in [1.82, 2.24) is 3.97 Å². The Morgan fingerprint density at radius 2 is 1.39 bits per heavy atom. The van der Waals surface area contributed by atoms with Crippen LogP contribution >= 0.6 is 15.9 Å². The third-order valence-corrected chi connectivity index (χ3v) is 8.82. The van der Waals surface area contributed by atoms with E-state index >= 15 is 0 Å². The summed E-state index contributed by atoms with van der Waals surface area (Å²) in [7, 11) is -7.74. The quantitative estimate of drug-likeness (QED) is 0.297. The van der Waals surface area contributed by atoms with Gasteiger partial charge < -0.3 is 0 Å². The van der Waals surface area contributed by atoms with E-state index in [1.54, 1.807) is 48.5 Å². The first-order valence-electron chi connectivity index (χ1n) is 10.2. The van der Waals surface area contributed by atoms with E-state index in [0.717, 1.165) is 15.6 Å². The van der Waals surface area contributed by atoms with Gasteiger partial charge in [-0.05, 0) is 68.3 Å². The highest BCUT2D eigenvalue weighted by Gasteiger charge is 2.22. The highest BCUT2D eigenvalue weighted by molar-refractivity contribution is 9.10. The molecular formula is C24H22BrNO5S2. The van der Waals surface area contributed by atoms with Crippen molar-refractivity contribution >= 4 is 47.0 Å². The highest BCUT2D eigenvalue weighted by atomic mass is 79.9. The number of rotatable bonds is 7. The molecule has 0 radical (unpaired) electrons. The molecule has 1 aromatic heterocycles. The number of aryl methyl sites for hydroxylation is 2. The standard InChI is InChI=1S/C24H22BrNO5S2/c1-17-3-8-21(9-4-17)32(27,28)26-16-19(23-15-20(25)7-12-24(23)26)13-14-31-33(29,30)22-10-5-18(2)6-11-22/h3-12,15-16H,13-14H2,1-2H3. The zero-order valence-corrected chi connectivity index (χ0v) is 21.2. The predicted octanol–water partition coefficient (Wildman–Crippen LogP) is 5.21. The van der Waals surface area contributed by atoms with Gasteiger partial charge in [-0.2, -0.15) is 8.42 Å². The lowest BCUT2D eigenvalue weighted by Crippen LogP contribution is -2.12. The molecule has 0 aliphatic carbocycles. The maximum absolute atomic E-state index is 13.3. The van der Waals surface area contributed by atoms with Crippen LogP contribution in [0.1, 0.15) is 16.7 Å². The molecule has 0 atom stereocenters. The van der Waals surface area contributed by atoms with E-state index in [1.165, 1.54) is 22.3 Å². The van der Waals surface area contributed by atoms with Crippen molar-refractivity contribution in [2.75, 3.05) is 6.61 Å². The summed E-state index contributed by atoms with van der Waals surface area (Å²) >= 11 is 3.43. The zero-order valence-electron chi connectivity index (χ0n) is 18.0. The predicted molar refractivity (Wildman–Crippen MR) is 131 cm³/mol. The summed E-state index contributed by atoms with van der Waals surface area (Å²) in [6.45, 7) is 3.64. The molecule has 9 heteroatoms. The first-order valence-corrected chi connectivity index (χ1v) is 13.8. The minimum atomic E-state index is -3.91. The van der Waals surface area contributed by atoms with E-state index in [-0.39, 0.29) is 22.8 Å². The molecule has 1 heterocycles. The average molecular weight is 548 g/mol. The Labute approximate surface area is 202 Å². The number of hydrogen-bond donors (Lipinski definition) is 0. The smallest absolute Gasteiger partial charge is 0.266 e. The summed E-state index contributed by atoms with van der Waals surface area (Å²) in [6.07, 6.45) is 1.75. The van der Waals surface area contributed by atoms with Crippen molar-refractivity contribution in [1.29, 1.82) is 0 Å². The molecule has 0 spiro atoms. The number of nitrogens with zero attached hydrogens (tertiary/aromatic N) is 1. The number of benzene rings is 3. The van der Waals surface area contributed by atoms with Gasteiger partial charge in [0.05, 0.1) is 21.9 Å². The molecule has 4 rings (SSSR count). The molecule has 0 saturated carbocycles. The molecule has 33 heavy (non-hydrogen) atoms. The van der Waals surface area contributed by atoms with E-state index < -0.39 is 20.1 Å². The van der Waals surface area contributed by atoms with Crippen molar-refractivity contribution in [2.45, 2.75) is 30.1 Å². The molecule has 4 aromatic rings. The molecule has 0 amide bonds. The van der Waals surface area contributed by atoms with Crippen molar-refractivity contribution < 1.29 is 21.0 Å². The molecule has 0 aliphatic rings. The largest absolute Gasteiger partial charge is 0.296 e. The van der Waals surface area contributed by atoms with Gasteiger partial charge in [-0.15, -0.1) is 0 Å². The Hall–Kier alpha value is -2.46. The van der Waals surface area contributed by atoms with Gasteiger partial charge in [-0.1, -0.05) is 51.3 Å². The molecule has 0 N–H and O–H groups in total. The molecule has 3 aromatic carbocycles. The maximum Gasteiger partial charge on any atom is 0.296 e. The fourth-order valence-corrected chi connectivity index (χ4v) is 6.16. The normalized spacial score (nSPS) is 12.3. The minimum Gasteiger partial charge on any atom is -0.266 e. The number of halogens is 1. The van der Waals surface area contributed by atoms with Gasteiger partial charge in [0.1, 0.15) is 0 Å². The number of aromatic nitrogens is 1. The van der Waals surface area contributed by atoms with Gasteiger partial charge in [0.15, 0.2) is 0 Å².